The average Bonchev–Trinajstić information content (AvgIpc) is 2.78. The van der Waals surface area contributed by atoms with Crippen LogP contribution in [0.15, 0.2) is 0 Å². The van der Waals surface area contributed by atoms with Crippen LogP contribution in [0, 0.1) is 5.92 Å². The summed E-state index contributed by atoms with van der Waals surface area (Å²) >= 11 is 1.60. The number of thiazole rings is 1. The summed E-state index contributed by atoms with van der Waals surface area (Å²) in [6.07, 6.45) is 5.48. The largest absolute Gasteiger partial charge is 0.320 e. The lowest BCUT2D eigenvalue weighted by Crippen LogP contribution is -2.40. The Hall–Kier alpha value is -0.940. The van der Waals surface area contributed by atoms with Crippen molar-refractivity contribution in [1.29, 1.82) is 0 Å². The van der Waals surface area contributed by atoms with Gasteiger partial charge in [0.1, 0.15) is 0 Å². The molecule has 1 aromatic heterocycles. The van der Waals surface area contributed by atoms with E-state index in [1.165, 1.54) is 23.4 Å². The number of nitrogens with zero attached hydrogens (tertiary/aromatic N) is 1. The summed E-state index contributed by atoms with van der Waals surface area (Å²) < 4.78 is 0. The number of fused-ring (bicyclic) bond motifs is 1. The van der Waals surface area contributed by atoms with Crippen molar-refractivity contribution in [3.63, 3.8) is 0 Å². The van der Waals surface area contributed by atoms with Crippen molar-refractivity contribution in [2.75, 3.05) is 5.32 Å². The van der Waals surface area contributed by atoms with Gasteiger partial charge < -0.3 is 11.1 Å². The van der Waals surface area contributed by atoms with Gasteiger partial charge >= 0.3 is 0 Å². The second-order valence-corrected chi connectivity index (χ2v) is 6.08. The summed E-state index contributed by atoms with van der Waals surface area (Å²) in [6, 6.07) is -0.448. The molecule has 2 unspecified atom stereocenters. The lowest BCUT2D eigenvalue weighted by atomic mass is 10.00. The normalized spacial score (nSPS) is 17.9. The zero-order valence-electron chi connectivity index (χ0n) is 11.0. The zero-order chi connectivity index (χ0) is 13.1. The number of nitrogens with one attached hydrogen (secondary N) is 1. The molecular weight excluding hydrogens is 246 g/mol. The van der Waals surface area contributed by atoms with Crippen LogP contribution in [0.4, 0.5) is 5.13 Å². The van der Waals surface area contributed by atoms with E-state index in [9.17, 15) is 4.79 Å². The van der Waals surface area contributed by atoms with E-state index in [2.05, 4.69) is 10.3 Å². The summed E-state index contributed by atoms with van der Waals surface area (Å²) in [6.45, 7) is 4.04. The minimum Gasteiger partial charge on any atom is -0.320 e. The topological polar surface area (TPSA) is 68.0 Å². The van der Waals surface area contributed by atoms with Gasteiger partial charge in [0.05, 0.1) is 11.7 Å². The number of carbonyl (C=O) groups excluding carboxylic acids is 1. The molecule has 18 heavy (non-hydrogen) atoms. The van der Waals surface area contributed by atoms with E-state index in [1.54, 1.807) is 11.3 Å². The second-order valence-electron chi connectivity index (χ2n) is 5.00. The van der Waals surface area contributed by atoms with Gasteiger partial charge in [0.25, 0.3) is 0 Å². The predicted molar refractivity (Wildman–Crippen MR) is 74.8 cm³/mol. The van der Waals surface area contributed by atoms with Gasteiger partial charge in [-0.05, 0) is 31.6 Å². The molecule has 3 N–H and O–H groups in total. The Bertz CT molecular complexity index is 406. The van der Waals surface area contributed by atoms with E-state index >= 15 is 0 Å². The van der Waals surface area contributed by atoms with E-state index in [0.29, 0.717) is 5.13 Å². The van der Waals surface area contributed by atoms with E-state index < -0.39 is 6.04 Å². The number of hydrogen-bond donors (Lipinski definition) is 2. The van der Waals surface area contributed by atoms with E-state index in [1.807, 2.05) is 13.8 Å². The van der Waals surface area contributed by atoms with Crippen molar-refractivity contribution in [3.05, 3.63) is 10.6 Å². The summed E-state index contributed by atoms with van der Waals surface area (Å²) in [5, 5.41) is 3.57. The number of rotatable bonds is 4. The first kappa shape index (κ1) is 13.5. The van der Waals surface area contributed by atoms with Crippen molar-refractivity contribution in [1.82, 2.24) is 4.98 Å². The molecule has 0 radical (unpaired) electrons. The van der Waals surface area contributed by atoms with E-state index in [0.717, 1.165) is 19.3 Å². The second kappa shape index (κ2) is 5.80. The molecule has 0 fully saturated rings. The molecule has 0 saturated heterocycles. The molecule has 1 amide bonds. The summed E-state index contributed by atoms with van der Waals surface area (Å²) in [5.41, 5.74) is 7.07. The fraction of sp³-hybridized carbons (Fsp3) is 0.692. The quantitative estimate of drug-likeness (QED) is 0.879. The Morgan fingerprint density at radius 1 is 1.50 bits per heavy atom. The fourth-order valence-electron chi connectivity index (χ4n) is 2.11. The first-order valence-electron chi connectivity index (χ1n) is 6.66. The monoisotopic (exact) mass is 267 g/mol. The SMILES string of the molecule is CCC(C)C(N)C(=O)Nc1nc2c(s1)CCCC2. The highest BCUT2D eigenvalue weighted by Crippen LogP contribution is 2.29. The van der Waals surface area contributed by atoms with Crippen LogP contribution in [0.1, 0.15) is 43.7 Å². The Kier molecular flexibility index (Phi) is 4.35. The minimum atomic E-state index is -0.448. The molecule has 0 aromatic carbocycles. The predicted octanol–water partition coefficient (Wildman–Crippen LogP) is 2.33. The van der Waals surface area contributed by atoms with Gasteiger partial charge in [-0.3, -0.25) is 4.79 Å². The van der Waals surface area contributed by atoms with Crippen molar-refractivity contribution >= 4 is 22.4 Å². The lowest BCUT2D eigenvalue weighted by molar-refractivity contribution is -0.118. The van der Waals surface area contributed by atoms with Crippen LogP contribution in [-0.2, 0) is 17.6 Å². The number of amides is 1. The Morgan fingerprint density at radius 3 is 2.89 bits per heavy atom. The first-order chi connectivity index (χ1) is 8.61. The third-order valence-electron chi connectivity index (χ3n) is 3.64. The Balaban J connectivity index is 2.01. The first-order valence-corrected chi connectivity index (χ1v) is 7.48. The molecule has 0 saturated carbocycles. The number of aromatic nitrogens is 1. The summed E-state index contributed by atoms with van der Waals surface area (Å²) in [4.78, 5) is 17.8. The number of anilines is 1. The molecule has 5 heteroatoms. The number of aryl methyl sites for hydroxylation is 2. The molecule has 0 bridgehead atoms. The van der Waals surface area contributed by atoms with Gasteiger partial charge in [0, 0.05) is 4.88 Å². The maximum absolute atomic E-state index is 12.0. The van der Waals surface area contributed by atoms with Gasteiger partial charge in [0.15, 0.2) is 5.13 Å². The highest BCUT2D eigenvalue weighted by molar-refractivity contribution is 7.15. The van der Waals surface area contributed by atoms with Crippen molar-refractivity contribution in [3.8, 4) is 0 Å². The smallest absolute Gasteiger partial charge is 0.243 e. The van der Waals surface area contributed by atoms with Crippen LogP contribution in [0.5, 0.6) is 0 Å². The highest BCUT2D eigenvalue weighted by atomic mass is 32.1. The van der Waals surface area contributed by atoms with Crippen LogP contribution >= 0.6 is 11.3 Å². The molecule has 100 valence electrons. The molecule has 1 heterocycles. The van der Waals surface area contributed by atoms with Crippen molar-refractivity contribution in [2.45, 2.75) is 52.0 Å². The number of carbonyl (C=O) groups is 1. The van der Waals surface area contributed by atoms with Crippen LogP contribution < -0.4 is 11.1 Å². The van der Waals surface area contributed by atoms with Crippen LogP contribution in [-0.4, -0.2) is 16.9 Å². The Labute approximate surface area is 112 Å². The van der Waals surface area contributed by atoms with Gasteiger partial charge in [-0.15, -0.1) is 11.3 Å². The lowest BCUT2D eigenvalue weighted by Gasteiger charge is -2.16. The van der Waals surface area contributed by atoms with Gasteiger partial charge in [0.2, 0.25) is 5.91 Å². The molecule has 0 spiro atoms. The molecule has 1 aliphatic rings. The molecule has 1 aromatic rings. The summed E-state index contributed by atoms with van der Waals surface area (Å²) in [5.74, 6) is 0.0787. The number of hydrogen-bond acceptors (Lipinski definition) is 4. The zero-order valence-corrected chi connectivity index (χ0v) is 11.8. The van der Waals surface area contributed by atoms with Crippen molar-refractivity contribution in [2.24, 2.45) is 11.7 Å². The van der Waals surface area contributed by atoms with Crippen LogP contribution in [0.3, 0.4) is 0 Å². The third-order valence-corrected chi connectivity index (χ3v) is 4.71. The molecular formula is C13H21N3OS. The highest BCUT2D eigenvalue weighted by Gasteiger charge is 2.22. The van der Waals surface area contributed by atoms with Crippen molar-refractivity contribution < 1.29 is 4.79 Å². The third kappa shape index (κ3) is 2.90. The Morgan fingerprint density at radius 2 is 2.22 bits per heavy atom. The molecule has 2 rings (SSSR count). The maximum Gasteiger partial charge on any atom is 0.243 e. The molecule has 4 nitrogen and oxygen atoms in total. The molecule has 0 aliphatic heterocycles. The summed E-state index contributed by atoms with van der Waals surface area (Å²) in [7, 11) is 0. The van der Waals surface area contributed by atoms with Gasteiger partial charge in [-0.25, -0.2) is 4.98 Å². The van der Waals surface area contributed by atoms with E-state index in [4.69, 9.17) is 5.73 Å². The van der Waals surface area contributed by atoms with Gasteiger partial charge in [-0.2, -0.15) is 0 Å². The van der Waals surface area contributed by atoms with E-state index in [-0.39, 0.29) is 11.8 Å². The average molecular weight is 267 g/mol. The molecule has 1 aliphatic carbocycles. The molecule has 2 atom stereocenters. The fourth-order valence-corrected chi connectivity index (χ4v) is 3.16. The minimum absolute atomic E-state index is 0.115. The van der Waals surface area contributed by atoms with Gasteiger partial charge in [-0.1, -0.05) is 20.3 Å². The number of nitrogens with two attached hydrogens (primary N) is 1. The standard InChI is InChI=1S/C13H21N3OS/c1-3-8(2)11(14)12(17)16-13-15-9-6-4-5-7-10(9)18-13/h8,11H,3-7,14H2,1-2H3,(H,15,16,17). The van der Waals surface area contributed by atoms with Crippen LogP contribution in [0.2, 0.25) is 0 Å². The van der Waals surface area contributed by atoms with Crippen LogP contribution in [0.25, 0.3) is 0 Å². The maximum atomic E-state index is 12.0.